The van der Waals surface area contributed by atoms with Crippen molar-refractivity contribution in [3.05, 3.63) is 82.3 Å². The summed E-state index contributed by atoms with van der Waals surface area (Å²) in [4.78, 5) is 38.4. The fourth-order valence-corrected chi connectivity index (χ4v) is 3.69. The smallest absolute Gasteiger partial charge is 0.271 e. The fourth-order valence-electron chi connectivity index (χ4n) is 3.69. The Morgan fingerprint density at radius 2 is 1.64 bits per heavy atom. The SMILES string of the molecule is O=C(c1ccc(-c2ccccc2)cc1)[C@H]1CCCN(C(=O)c2cc(=O)[nH][nH]2)C1. The average molecular weight is 375 g/mol. The number of carbonyl (C=O) groups is 2. The number of ketones is 1. The van der Waals surface area contributed by atoms with Crippen molar-refractivity contribution in [3.63, 3.8) is 0 Å². The van der Waals surface area contributed by atoms with Crippen molar-refractivity contribution in [2.75, 3.05) is 13.1 Å². The minimum atomic E-state index is -0.341. The first-order valence-electron chi connectivity index (χ1n) is 9.38. The molecule has 6 heteroatoms. The van der Waals surface area contributed by atoms with Crippen LogP contribution >= 0.6 is 0 Å². The molecule has 1 aromatic heterocycles. The maximum absolute atomic E-state index is 13.0. The van der Waals surface area contributed by atoms with Gasteiger partial charge in [0.2, 0.25) is 0 Å². The lowest BCUT2D eigenvalue weighted by Crippen LogP contribution is -2.42. The molecule has 0 aliphatic carbocycles. The lowest BCUT2D eigenvalue weighted by atomic mass is 9.89. The minimum absolute atomic E-state index is 0.0553. The predicted octanol–water partition coefficient (Wildman–Crippen LogP) is 3.11. The molecule has 6 nitrogen and oxygen atoms in total. The minimum Gasteiger partial charge on any atom is -0.337 e. The van der Waals surface area contributed by atoms with Gasteiger partial charge in [0, 0.05) is 30.6 Å². The molecule has 142 valence electrons. The van der Waals surface area contributed by atoms with Gasteiger partial charge in [0.1, 0.15) is 5.69 Å². The summed E-state index contributed by atoms with van der Waals surface area (Å²) in [6.07, 6.45) is 1.52. The molecule has 28 heavy (non-hydrogen) atoms. The summed E-state index contributed by atoms with van der Waals surface area (Å²) in [7, 11) is 0. The number of likely N-dealkylation sites (tertiary alicyclic amines) is 1. The van der Waals surface area contributed by atoms with E-state index < -0.39 is 0 Å². The number of carbonyl (C=O) groups excluding carboxylic acids is 2. The molecule has 0 unspecified atom stereocenters. The second-order valence-corrected chi connectivity index (χ2v) is 7.07. The summed E-state index contributed by atoms with van der Waals surface area (Å²) in [6.45, 7) is 0.952. The largest absolute Gasteiger partial charge is 0.337 e. The highest BCUT2D eigenvalue weighted by Crippen LogP contribution is 2.24. The summed E-state index contributed by atoms with van der Waals surface area (Å²) >= 11 is 0. The zero-order chi connectivity index (χ0) is 19.5. The quantitative estimate of drug-likeness (QED) is 0.687. The first-order valence-corrected chi connectivity index (χ1v) is 9.38. The van der Waals surface area contributed by atoms with E-state index in [1.807, 2.05) is 54.6 Å². The van der Waals surface area contributed by atoms with Crippen LogP contribution in [0.5, 0.6) is 0 Å². The molecular formula is C22H21N3O3. The zero-order valence-corrected chi connectivity index (χ0v) is 15.4. The molecule has 3 aromatic rings. The number of nitrogens with one attached hydrogen (secondary N) is 2. The lowest BCUT2D eigenvalue weighted by molar-refractivity contribution is 0.0632. The number of aromatic nitrogens is 2. The van der Waals surface area contributed by atoms with Gasteiger partial charge in [0.25, 0.3) is 11.5 Å². The zero-order valence-electron chi connectivity index (χ0n) is 15.4. The lowest BCUT2D eigenvalue weighted by Gasteiger charge is -2.31. The first-order chi connectivity index (χ1) is 13.6. The molecule has 0 bridgehead atoms. The Kier molecular flexibility index (Phi) is 4.93. The number of hydrogen-bond donors (Lipinski definition) is 2. The molecule has 1 aliphatic rings. The molecule has 2 aromatic carbocycles. The van der Waals surface area contributed by atoms with E-state index in [-0.39, 0.29) is 28.9 Å². The van der Waals surface area contributed by atoms with Gasteiger partial charge in [-0.3, -0.25) is 24.6 Å². The van der Waals surface area contributed by atoms with Crippen LogP contribution in [0.15, 0.2) is 65.5 Å². The number of hydrogen-bond acceptors (Lipinski definition) is 3. The van der Waals surface area contributed by atoms with E-state index in [0.29, 0.717) is 18.7 Å². The van der Waals surface area contributed by atoms with Crippen molar-refractivity contribution in [2.24, 2.45) is 5.92 Å². The maximum Gasteiger partial charge on any atom is 0.271 e. The molecule has 2 heterocycles. The Labute approximate surface area is 162 Å². The number of amides is 1. The van der Waals surface area contributed by atoms with Crippen molar-refractivity contribution in [3.8, 4) is 11.1 Å². The van der Waals surface area contributed by atoms with Crippen molar-refractivity contribution < 1.29 is 9.59 Å². The van der Waals surface area contributed by atoms with Gasteiger partial charge in [-0.1, -0.05) is 54.6 Å². The Morgan fingerprint density at radius 1 is 0.929 bits per heavy atom. The van der Waals surface area contributed by atoms with Crippen molar-refractivity contribution in [2.45, 2.75) is 12.8 Å². The Balaban J connectivity index is 1.47. The Hall–Kier alpha value is -3.41. The molecule has 2 N–H and O–H groups in total. The highest BCUT2D eigenvalue weighted by Gasteiger charge is 2.30. The van der Waals surface area contributed by atoms with Crippen LogP contribution in [0, 0.1) is 5.92 Å². The van der Waals surface area contributed by atoms with Gasteiger partial charge in [-0.2, -0.15) is 0 Å². The van der Waals surface area contributed by atoms with Crippen LogP contribution in [0.4, 0.5) is 0 Å². The normalized spacial score (nSPS) is 16.7. The molecule has 1 fully saturated rings. The van der Waals surface area contributed by atoms with Gasteiger partial charge in [0.15, 0.2) is 5.78 Å². The molecule has 1 atom stereocenters. The highest BCUT2D eigenvalue weighted by atomic mass is 16.2. The van der Waals surface area contributed by atoms with E-state index in [1.54, 1.807) is 4.90 Å². The summed E-state index contributed by atoms with van der Waals surface area (Å²) in [5.74, 6) is -0.430. The summed E-state index contributed by atoms with van der Waals surface area (Å²) in [5, 5.41) is 4.96. The number of rotatable bonds is 4. The topological polar surface area (TPSA) is 86.0 Å². The average Bonchev–Trinajstić information content (AvgIpc) is 3.20. The number of aromatic amines is 2. The van der Waals surface area contributed by atoms with E-state index in [9.17, 15) is 14.4 Å². The van der Waals surface area contributed by atoms with Crippen LogP contribution in [-0.2, 0) is 0 Å². The van der Waals surface area contributed by atoms with E-state index in [4.69, 9.17) is 0 Å². The van der Waals surface area contributed by atoms with E-state index >= 15 is 0 Å². The Morgan fingerprint density at radius 3 is 2.32 bits per heavy atom. The third-order valence-electron chi connectivity index (χ3n) is 5.18. The van der Waals surface area contributed by atoms with Crippen LogP contribution in [0.25, 0.3) is 11.1 Å². The molecule has 1 amide bonds. The van der Waals surface area contributed by atoms with Crippen LogP contribution in [0.2, 0.25) is 0 Å². The van der Waals surface area contributed by atoms with Gasteiger partial charge >= 0.3 is 0 Å². The number of Topliss-reactive ketones (excluding diaryl/α,β-unsaturated/α-hetero) is 1. The molecule has 1 saturated heterocycles. The maximum atomic E-state index is 13.0. The van der Waals surface area contributed by atoms with Crippen molar-refractivity contribution in [1.82, 2.24) is 15.1 Å². The number of nitrogens with zero attached hydrogens (tertiary/aromatic N) is 1. The predicted molar refractivity (Wildman–Crippen MR) is 106 cm³/mol. The monoisotopic (exact) mass is 375 g/mol. The number of benzene rings is 2. The molecule has 0 spiro atoms. The van der Waals surface area contributed by atoms with Crippen LogP contribution in [-0.4, -0.2) is 39.9 Å². The number of H-pyrrole nitrogens is 2. The summed E-state index contributed by atoms with van der Waals surface area (Å²) < 4.78 is 0. The van der Waals surface area contributed by atoms with Crippen LogP contribution < -0.4 is 5.56 Å². The van der Waals surface area contributed by atoms with Crippen molar-refractivity contribution >= 4 is 11.7 Å². The first kappa shape index (κ1) is 18.0. The molecule has 1 aliphatic heterocycles. The standard InChI is InChI=1S/C22H21N3O3/c26-20-13-19(23-24-20)22(28)25-12-4-7-18(14-25)21(27)17-10-8-16(9-11-17)15-5-2-1-3-6-15/h1-3,5-6,8-11,13,18H,4,7,12,14H2,(H2,23,24,26)/t18-/m0/s1. The second kappa shape index (κ2) is 7.68. The van der Waals surface area contributed by atoms with Crippen molar-refractivity contribution in [1.29, 1.82) is 0 Å². The summed E-state index contributed by atoms with van der Waals surface area (Å²) in [6, 6.07) is 18.9. The van der Waals surface area contributed by atoms with Crippen LogP contribution in [0.1, 0.15) is 33.7 Å². The van der Waals surface area contributed by atoms with E-state index in [2.05, 4.69) is 10.2 Å². The van der Waals surface area contributed by atoms with Gasteiger partial charge in [-0.25, -0.2) is 0 Å². The number of piperidine rings is 1. The molecule has 0 radical (unpaired) electrons. The van der Waals surface area contributed by atoms with Gasteiger partial charge in [-0.15, -0.1) is 0 Å². The van der Waals surface area contributed by atoms with Gasteiger partial charge < -0.3 is 4.90 Å². The molecule has 0 saturated carbocycles. The van der Waals surface area contributed by atoms with Gasteiger partial charge in [-0.05, 0) is 24.0 Å². The van der Waals surface area contributed by atoms with E-state index in [1.165, 1.54) is 6.07 Å². The van der Waals surface area contributed by atoms with E-state index in [0.717, 1.165) is 24.0 Å². The molecular weight excluding hydrogens is 354 g/mol. The second-order valence-electron chi connectivity index (χ2n) is 7.07. The van der Waals surface area contributed by atoms with Crippen LogP contribution in [0.3, 0.4) is 0 Å². The summed E-state index contributed by atoms with van der Waals surface area (Å²) in [5.41, 5.74) is 2.72. The Bertz CT molecular complexity index is 1030. The van der Waals surface area contributed by atoms with Gasteiger partial charge in [0.05, 0.1) is 0 Å². The third-order valence-corrected chi connectivity index (χ3v) is 5.18. The highest BCUT2D eigenvalue weighted by molar-refractivity contribution is 5.99. The third kappa shape index (κ3) is 3.67. The fraction of sp³-hybridized carbons (Fsp3) is 0.227. The molecule has 4 rings (SSSR count).